The second-order valence-corrected chi connectivity index (χ2v) is 12.5. The molecule has 2 aromatic rings. The van der Waals surface area contributed by atoms with Gasteiger partial charge in [0.25, 0.3) is 5.91 Å². The minimum atomic E-state index is -4.72. The van der Waals surface area contributed by atoms with Gasteiger partial charge in [0.05, 0.1) is 12.3 Å². The second kappa shape index (κ2) is 14.8. The Labute approximate surface area is 252 Å². The van der Waals surface area contributed by atoms with Crippen LogP contribution in [0.15, 0.2) is 42.5 Å². The maximum absolute atomic E-state index is 13.8. The van der Waals surface area contributed by atoms with E-state index in [9.17, 15) is 28.7 Å². The Morgan fingerprint density at radius 2 is 1.60 bits per heavy atom. The van der Waals surface area contributed by atoms with Crippen molar-refractivity contribution in [3.63, 3.8) is 0 Å². The molecule has 43 heavy (non-hydrogen) atoms. The number of likely N-dealkylation sites (N-methyl/N-ethyl adjacent to an activating group) is 1. The Bertz CT molecular complexity index is 1310. The van der Waals surface area contributed by atoms with Gasteiger partial charge in [-0.05, 0) is 25.6 Å². The molecular formula is C29H41N6O7P. The second-order valence-electron chi connectivity index (χ2n) is 10.9. The van der Waals surface area contributed by atoms with Crippen molar-refractivity contribution in [3.05, 3.63) is 48.2 Å². The highest BCUT2D eigenvalue weighted by atomic mass is 31.2. The fourth-order valence-corrected chi connectivity index (χ4v) is 5.67. The van der Waals surface area contributed by atoms with E-state index in [0.29, 0.717) is 12.3 Å². The van der Waals surface area contributed by atoms with Crippen molar-refractivity contribution in [2.45, 2.75) is 19.8 Å². The Balaban J connectivity index is 1.53. The van der Waals surface area contributed by atoms with Gasteiger partial charge in [-0.1, -0.05) is 43.7 Å². The normalized spacial score (nSPS) is 16.2. The Morgan fingerprint density at radius 3 is 2.23 bits per heavy atom. The molecular weight excluding hydrogens is 575 g/mol. The van der Waals surface area contributed by atoms with Crippen LogP contribution < -0.4 is 4.90 Å². The van der Waals surface area contributed by atoms with Gasteiger partial charge >= 0.3 is 13.7 Å². The maximum Gasteiger partial charge on any atom is 0.409 e. The number of piperazine rings is 2. The van der Waals surface area contributed by atoms with Gasteiger partial charge in [0.15, 0.2) is 0 Å². The highest BCUT2D eigenvalue weighted by Gasteiger charge is 2.32. The van der Waals surface area contributed by atoms with E-state index in [4.69, 9.17) is 4.74 Å². The average Bonchev–Trinajstić information content (AvgIpc) is 3.00. The van der Waals surface area contributed by atoms with Gasteiger partial charge in [-0.15, -0.1) is 0 Å². The van der Waals surface area contributed by atoms with Crippen molar-refractivity contribution in [2.24, 2.45) is 0 Å². The first-order chi connectivity index (χ1) is 20.5. The first kappa shape index (κ1) is 32.4. The third-order valence-corrected chi connectivity index (χ3v) is 8.26. The summed E-state index contributed by atoms with van der Waals surface area (Å²) >= 11 is 0. The molecule has 3 amide bonds. The lowest BCUT2D eigenvalue weighted by atomic mass is 10.1. The minimum Gasteiger partial charge on any atom is -0.449 e. The van der Waals surface area contributed by atoms with Crippen molar-refractivity contribution >= 4 is 31.2 Å². The van der Waals surface area contributed by atoms with E-state index in [2.05, 4.69) is 14.8 Å². The summed E-state index contributed by atoms with van der Waals surface area (Å²) in [6.07, 6.45) is 0.317. The maximum atomic E-state index is 13.8. The standard InChI is InChI=1S/C29H41N6O7P/c1-3-4-18-42-29(38)34-16-14-33(15-17-34)27(36)21-35(22-43(39,40)41)28(37)26-20-24(32-12-10-31(2)11-13-32)19-25(30-26)23-8-6-5-7-9-23/h5-9,19-20H,3-4,10-18,21-22H2,1-2H3,(H2,39,40,41). The quantitative estimate of drug-likeness (QED) is 0.301. The highest BCUT2D eigenvalue weighted by Crippen LogP contribution is 2.36. The molecule has 2 saturated heterocycles. The average molecular weight is 617 g/mol. The molecule has 1 aromatic heterocycles. The fraction of sp³-hybridized carbons (Fsp3) is 0.517. The lowest BCUT2D eigenvalue weighted by Crippen LogP contribution is -2.53. The van der Waals surface area contributed by atoms with Crippen LogP contribution in [0, 0.1) is 0 Å². The van der Waals surface area contributed by atoms with Crippen LogP contribution in [-0.2, 0) is 14.1 Å². The van der Waals surface area contributed by atoms with Gasteiger partial charge in [-0.3, -0.25) is 14.2 Å². The van der Waals surface area contributed by atoms with Crippen LogP contribution in [0.3, 0.4) is 0 Å². The summed E-state index contributed by atoms with van der Waals surface area (Å²) in [4.78, 5) is 71.8. The van der Waals surface area contributed by atoms with E-state index in [1.165, 1.54) is 9.80 Å². The highest BCUT2D eigenvalue weighted by molar-refractivity contribution is 7.51. The van der Waals surface area contributed by atoms with Crippen molar-refractivity contribution in [1.82, 2.24) is 24.6 Å². The van der Waals surface area contributed by atoms with E-state index in [1.807, 2.05) is 50.4 Å². The molecule has 0 radical (unpaired) electrons. The van der Waals surface area contributed by atoms with E-state index in [1.54, 1.807) is 6.07 Å². The number of pyridine rings is 1. The van der Waals surface area contributed by atoms with Crippen LogP contribution in [0.5, 0.6) is 0 Å². The fourth-order valence-electron chi connectivity index (χ4n) is 5.00. The summed E-state index contributed by atoms with van der Waals surface area (Å²) in [5.74, 6) is -1.22. The summed E-state index contributed by atoms with van der Waals surface area (Å²) in [6, 6.07) is 12.9. The molecule has 2 aliphatic heterocycles. The summed E-state index contributed by atoms with van der Waals surface area (Å²) in [6.45, 7) is 5.93. The predicted molar refractivity (Wildman–Crippen MR) is 162 cm³/mol. The van der Waals surface area contributed by atoms with Crippen LogP contribution in [0.25, 0.3) is 11.3 Å². The molecule has 0 spiro atoms. The molecule has 13 nitrogen and oxygen atoms in total. The molecule has 4 rings (SSSR count). The van der Waals surface area contributed by atoms with Crippen LogP contribution in [0.4, 0.5) is 10.5 Å². The number of benzene rings is 1. The van der Waals surface area contributed by atoms with Gasteiger partial charge in [0, 0.05) is 63.6 Å². The van der Waals surface area contributed by atoms with Crippen LogP contribution in [0.2, 0.25) is 0 Å². The minimum absolute atomic E-state index is 0.00354. The van der Waals surface area contributed by atoms with Crippen LogP contribution in [0.1, 0.15) is 30.3 Å². The van der Waals surface area contributed by atoms with Gasteiger partial charge in [0.1, 0.15) is 18.5 Å². The summed E-state index contributed by atoms with van der Waals surface area (Å²) in [7, 11) is -2.68. The summed E-state index contributed by atoms with van der Waals surface area (Å²) < 4.78 is 17.3. The number of carbonyl (C=O) groups is 3. The molecule has 2 N–H and O–H groups in total. The molecule has 1 aromatic carbocycles. The predicted octanol–water partition coefficient (Wildman–Crippen LogP) is 2.16. The largest absolute Gasteiger partial charge is 0.449 e. The van der Waals surface area contributed by atoms with Crippen molar-refractivity contribution in [1.29, 1.82) is 0 Å². The number of anilines is 1. The summed E-state index contributed by atoms with van der Waals surface area (Å²) in [5.41, 5.74) is 2.10. The Morgan fingerprint density at radius 1 is 0.953 bits per heavy atom. The number of ether oxygens (including phenoxy) is 1. The van der Waals surface area contributed by atoms with Gasteiger partial charge < -0.3 is 39.0 Å². The van der Waals surface area contributed by atoms with Crippen LogP contribution >= 0.6 is 7.60 Å². The molecule has 0 unspecified atom stereocenters. The molecule has 2 fully saturated rings. The van der Waals surface area contributed by atoms with E-state index >= 15 is 0 Å². The van der Waals surface area contributed by atoms with E-state index in [0.717, 1.165) is 55.2 Å². The first-order valence-electron chi connectivity index (χ1n) is 14.6. The molecule has 234 valence electrons. The lowest BCUT2D eigenvalue weighted by Gasteiger charge is -2.35. The number of aromatic nitrogens is 1. The monoisotopic (exact) mass is 616 g/mol. The Hall–Kier alpha value is -3.51. The smallest absolute Gasteiger partial charge is 0.409 e. The van der Waals surface area contributed by atoms with Crippen molar-refractivity contribution < 1.29 is 33.5 Å². The zero-order valence-electron chi connectivity index (χ0n) is 24.8. The topological polar surface area (TPSA) is 147 Å². The zero-order valence-corrected chi connectivity index (χ0v) is 25.7. The lowest BCUT2D eigenvalue weighted by molar-refractivity contribution is -0.133. The Kier molecular flexibility index (Phi) is 11.1. The van der Waals surface area contributed by atoms with E-state index in [-0.39, 0.29) is 31.9 Å². The van der Waals surface area contributed by atoms with Gasteiger partial charge in [-0.2, -0.15) is 0 Å². The molecule has 3 heterocycles. The van der Waals surface area contributed by atoms with Crippen LogP contribution in [-0.4, -0.2) is 131 Å². The summed E-state index contributed by atoms with van der Waals surface area (Å²) in [5, 5.41) is 0. The first-order valence-corrected chi connectivity index (χ1v) is 16.4. The third kappa shape index (κ3) is 9.24. The zero-order chi connectivity index (χ0) is 31.0. The number of nitrogens with zero attached hydrogens (tertiary/aromatic N) is 6. The number of rotatable bonds is 10. The third-order valence-electron chi connectivity index (χ3n) is 7.55. The molecule has 0 atom stereocenters. The van der Waals surface area contributed by atoms with Crippen molar-refractivity contribution in [3.8, 4) is 11.3 Å². The number of unbranched alkanes of at least 4 members (excludes halogenated alkanes) is 1. The molecule has 0 saturated carbocycles. The SMILES string of the molecule is CCCCOC(=O)N1CCN(C(=O)CN(CP(=O)(O)O)C(=O)c2cc(N3CCN(C)CC3)cc(-c3ccccc3)n2)CC1. The number of hydrogen-bond acceptors (Lipinski definition) is 8. The van der Waals surface area contributed by atoms with Gasteiger partial charge in [-0.25, -0.2) is 9.78 Å². The molecule has 14 heteroatoms. The molecule has 2 aliphatic rings. The van der Waals surface area contributed by atoms with Gasteiger partial charge in [0.2, 0.25) is 5.91 Å². The molecule has 0 bridgehead atoms. The number of amides is 3. The number of carbonyl (C=O) groups excluding carboxylic acids is 3. The van der Waals surface area contributed by atoms with Crippen molar-refractivity contribution in [2.75, 3.05) is 83.7 Å². The number of hydrogen-bond donors (Lipinski definition) is 2. The molecule has 0 aliphatic carbocycles. The van der Waals surface area contributed by atoms with E-state index < -0.39 is 38.3 Å².